The average Bonchev–Trinajstić information content (AvgIpc) is 2.62. The molecule has 4 amide bonds. The average molecular weight is 408 g/mol. The highest BCUT2D eigenvalue weighted by Crippen LogP contribution is 2.08. The van der Waals surface area contributed by atoms with E-state index in [9.17, 15) is 19.2 Å². The minimum absolute atomic E-state index is 0.0352. The maximum atomic E-state index is 12.3. The third-order valence-corrected chi connectivity index (χ3v) is 3.38. The van der Waals surface area contributed by atoms with E-state index >= 15 is 0 Å². The Morgan fingerprint density at radius 3 is 2.34 bits per heavy atom. The van der Waals surface area contributed by atoms with Crippen LogP contribution in [-0.2, 0) is 30.6 Å². The monoisotopic (exact) mass is 408 g/mol. The summed E-state index contributed by atoms with van der Waals surface area (Å²) in [6.45, 7) is 4.80. The van der Waals surface area contributed by atoms with E-state index in [1.165, 1.54) is 0 Å². The number of rotatable bonds is 10. The molecule has 0 saturated heterocycles. The Morgan fingerprint density at radius 2 is 1.76 bits per heavy atom. The number of hydrogen-bond acceptors (Lipinski definition) is 6. The second kappa shape index (κ2) is 11.6. The van der Waals surface area contributed by atoms with Crippen molar-refractivity contribution in [3.8, 4) is 0 Å². The molecule has 5 N–H and O–H groups in total. The molecule has 1 rings (SSSR count). The van der Waals surface area contributed by atoms with Crippen LogP contribution in [0.4, 0.5) is 4.79 Å². The fraction of sp³-hybridized carbons (Fsp3) is 0.474. The number of amides is 4. The molecule has 1 aromatic carbocycles. The SMILES string of the molecule is CC(C)(C)OC(=O)N[C@@H](CCC(N)=O)C(=O)NCC(=O)NOCc1ccccc1. The van der Waals surface area contributed by atoms with Crippen molar-refractivity contribution in [1.29, 1.82) is 0 Å². The highest BCUT2D eigenvalue weighted by Gasteiger charge is 2.25. The Labute approximate surface area is 169 Å². The van der Waals surface area contributed by atoms with Gasteiger partial charge in [0.2, 0.25) is 11.8 Å². The maximum absolute atomic E-state index is 12.3. The number of carbonyl (C=O) groups is 4. The molecule has 0 saturated carbocycles. The summed E-state index contributed by atoms with van der Waals surface area (Å²) in [4.78, 5) is 52.1. The van der Waals surface area contributed by atoms with Crippen LogP contribution in [0.25, 0.3) is 0 Å². The van der Waals surface area contributed by atoms with Gasteiger partial charge in [-0.05, 0) is 32.8 Å². The fourth-order valence-electron chi connectivity index (χ4n) is 2.11. The normalized spacial score (nSPS) is 11.8. The van der Waals surface area contributed by atoms with Gasteiger partial charge in [0.25, 0.3) is 5.91 Å². The van der Waals surface area contributed by atoms with E-state index in [0.717, 1.165) is 5.56 Å². The largest absolute Gasteiger partial charge is 0.444 e. The minimum Gasteiger partial charge on any atom is -0.444 e. The van der Waals surface area contributed by atoms with Gasteiger partial charge in [-0.1, -0.05) is 30.3 Å². The van der Waals surface area contributed by atoms with Crippen molar-refractivity contribution < 1.29 is 28.8 Å². The molecule has 0 radical (unpaired) electrons. The molecule has 0 aromatic heterocycles. The van der Waals surface area contributed by atoms with Gasteiger partial charge in [0.05, 0.1) is 13.2 Å². The number of benzene rings is 1. The van der Waals surface area contributed by atoms with Crippen molar-refractivity contribution in [2.45, 2.75) is 51.9 Å². The van der Waals surface area contributed by atoms with E-state index < -0.39 is 35.5 Å². The molecule has 29 heavy (non-hydrogen) atoms. The van der Waals surface area contributed by atoms with Gasteiger partial charge < -0.3 is 21.1 Å². The van der Waals surface area contributed by atoms with Crippen molar-refractivity contribution in [2.75, 3.05) is 6.54 Å². The van der Waals surface area contributed by atoms with Crippen LogP contribution in [0.15, 0.2) is 30.3 Å². The van der Waals surface area contributed by atoms with Gasteiger partial charge in [-0.15, -0.1) is 0 Å². The zero-order valence-corrected chi connectivity index (χ0v) is 16.8. The highest BCUT2D eigenvalue weighted by molar-refractivity contribution is 5.89. The molecule has 10 nitrogen and oxygen atoms in total. The van der Waals surface area contributed by atoms with E-state index in [2.05, 4.69) is 16.1 Å². The highest BCUT2D eigenvalue weighted by atomic mass is 16.6. The fourth-order valence-corrected chi connectivity index (χ4v) is 2.11. The smallest absolute Gasteiger partial charge is 0.408 e. The summed E-state index contributed by atoms with van der Waals surface area (Å²) in [6.07, 6.45) is -0.981. The minimum atomic E-state index is -1.09. The molecule has 10 heteroatoms. The van der Waals surface area contributed by atoms with Crippen molar-refractivity contribution in [3.05, 3.63) is 35.9 Å². The lowest BCUT2D eigenvalue weighted by Crippen LogP contribution is -2.50. The van der Waals surface area contributed by atoms with E-state index in [1.54, 1.807) is 20.8 Å². The van der Waals surface area contributed by atoms with Gasteiger partial charge >= 0.3 is 6.09 Å². The Balaban J connectivity index is 2.47. The van der Waals surface area contributed by atoms with Crippen molar-refractivity contribution in [2.24, 2.45) is 5.73 Å². The lowest BCUT2D eigenvalue weighted by molar-refractivity contribution is -0.136. The number of ether oxygens (including phenoxy) is 1. The van der Waals surface area contributed by atoms with Crippen LogP contribution in [-0.4, -0.2) is 42.0 Å². The first-order chi connectivity index (χ1) is 13.6. The topological polar surface area (TPSA) is 149 Å². The standard InChI is InChI=1S/C19H28N4O6/c1-19(2,3)29-18(27)22-14(9-10-15(20)24)17(26)21-11-16(25)23-28-12-13-7-5-4-6-8-13/h4-8,14H,9-12H2,1-3H3,(H2,20,24)(H,21,26)(H,22,27)(H,23,25)/t14-/m0/s1. The first-order valence-electron chi connectivity index (χ1n) is 9.07. The van der Waals surface area contributed by atoms with E-state index in [1.807, 2.05) is 30.3 Å². The van der Waals surface area contributed by atoms with Crippen LogP contribution in [0, 0.1) is 0 Å². The number of hydroxylamine groups is 1. The van der Waals surface area contributed by atoms with E-state index in [0.29, 0.717) is 0 Å². The third kappa shape index (κ3) is 11.3. The predicted octanol–water partition coefficient (Wildman–Crippen LogP) is 0.509. The molecule has 0 aliphatic rings. The lowest BCUT2D eigenvalue weighted by Gasteiger charge is -2.23. The van der Waals surface area contributed by atoms with Crippen LogP contribution in [0.3, 0.4) is 0 Å². The van der Waals surface area contributed by atoms with Crippen LogP contribution >= 0.6 is 0 Å². The molecule has 1 atom stereocenters. The van der Waals surface area contributed by atoms with Gasteiger partial charge in [0.15, 0.2) is 0 Å². The van der Waals surface area contributed by atoms with Crippen molar-refractivity contribution in [3.63, 3.8) is 0 Å². The zero-order valence-electron chi connectivity index (χ0n) is 16.8. The number of nitrogens with two attached hydrogens (primary N) is 1. The summed E-state index contributed by atoms with van der Waals surface area (Å²) in [6, 6.07) is 8.11. The number of carbonyl (C=O) groups excluding carboxylic acids is 4. The second-order valence-corrected chi connectivity index (χ2v) is 7.22. The molecule has 160 valence electrons. The number of nitrogens with one attached hydrogen (secondary N) is 3. The molecule has 0 aliphatic carbocycles. The van der Waals surface area contributed by atoms with Gasteiger partial charge in [-0.25, -0.2) is 10.3 Å². The Morgan fingerprint density at radius 1 is 1.10 bits per heavy atom. The summed E-state index contributed by atoms with van der Waals surface area (Å²) in [5.74, 6) is -1.86. The first kappa shape index (κ1) is 23.9. The molecule has 0 unspecified atom stereocenters. The molecule has 0 heterocycles. The molecule has 0 fully saturated rings. The van der Waals surface area contributed by atoms with Crippen LogP contribution in [0.2, 0.25) is 0 Å². The molecule has 1 aromatic rings. The Kier molecular flexibility index (Phi) is 9.60. The number of hydrogen-bond donors (Lipinski definition) is 4. The summed E-state index contributed by atoms with van der Waals surface area (Å²) < 4.78 is 5.10. The molecular formula is C19H28N4O6. The maximum Gasteiger partial charge on any atom is 0.408 e. The van der Waals surface area contributed by atoms with Crippen LogP contribution in [0.1, 0.15) is 39.2 Å². The zero-order chi connectivity index (χ0) is 21.9. The van der Waals surface area contributed by atoms with Crippen molar-refractivity contribution in [1.82, 2.24) is 16.1 Å². The molecular weight excluding hydrogens is 380 g/mol. The summed E-state index contributed by atoms with van der Waals surface area (Å²) >= 11 is 0. The van der Waals surface area contributed by atoms with Crippen LogP contribution < -0.4 is 21.8 Å². The molecule has 0 bridgehead atoms. The molecule has 0 spiro atoms. The van der Waals surface area contributed by atoms with E-state index in [-0.39, 0.29) is 26.0 Å². The van der Waals surface area contributed by atoms with Gasteiger partial charge in [0, 0.05) is 6.42 Å². The predicted molar refractivity (Wildman–Crippen MR) is 104 cm³/mol. The Bertz CT molecular complexity index is 702. The third-order valence-electron chi connectivity index (χ3n) is 3.38. The number of alkyl carbamates (subject to hydrolysis) is 1. The first-order valence-corrected chi connectivity index (χ1v) is 9.07. The van der Waals surface area contributed by atoms with Gasteiger partial charge in [-0.3, -0.25) is 19.2 Å². The van der Waals surface area contributed by atoms with Crippen LogP contribution in [0.5, 0.6) is 0 Å². The lowest BCUT2D eigenvalue weighted by atomic mass is 10.1. The quantitative estimate of drug-likeness (QED) is 0.415. The summed E-state index contributed by atoms with van der Waals surface area (Å²) in [5.41, 5.74) is 7.42. The molecule has 0 aliphatic heterocycles. The summed E-state index contributed by atoms with van der Waals surface area (Å²) in [7, 11) is 0. The summed E-state index contributed by atoms with van der Waals surface area (Å²) in [5, 5.41) is 4.74. The number of primary amides is 1. The van der Waals surface area contributed by atoms with Crippen molar-refractivity contribution >= 4 is 23.8 Å². The van der Waals surface area contributed by atoms with Gasteiger partial charge in [0.1, 0.15) is 11.6 Å². The van der Waals surface area contributed by atoms with E-state index in [4.69, 9.17) is 15.3 Å². The second-order valence-electron chi connectivity index (χ2n) is 7.22. The van der Waals surface area contributed by atoms with Gasteiger partial charge in [-0.2, -0.15) is 0 Å². The Hall–Kier alpha value is -3.14.